The molecule has 1 amide bonds. The Kier molecular flexibility index (Phi) is 5.78. The minimum absolute atomic E-state index is 0.0523. The van der Waals surface area contributed by atoms with E-state index in [1.807, 2.05) is 35.0 Å². The molecule has 0 saturated heterocycles. The summed E-state index contributed by atoms with van der Waals surface area (Å²) < 4.78 is 1.84. The number of nitro benzene ring substituents is 1. The first kappa shape index (κ1) is 18.1. The highest BCUT2D eigenvalue weighted by Crippen LogP contribution is 2.20. The number of carbonyl (C=O) groups excluding carboxylic acids is 1. The van der Waals surface area contributed by atoms with Crippen LogP contribution < -0.4 is 10.6 Å². The minimum Gasteiger partial charge on any atom is -0.385 e. The van der Waals surface area contributed by atoms with E-state index in [4.69, 9.17) is 0 Å². The smallest absolute Gasteiger partial charge is 0.269 e. The number of hydrogen-bond donors (Lipinski definition) is 2. The van der Waals surface area contributed by atoms with Crippen LogP contribution in [0.2, 0.25) is 0 Å². The van der Waals surface area contributed by atoms with E-state index >= 15 is 0 Å². The van der Waals surface area contributed by atoms with Gasteiger partial charge in [0.25, 0.3) is 5.69 Å². The van der Waals surface area contributed by atoms with Gasteiger partial charge in [-0.2, -0.15) is 0 Å². The zero-order valence-electron chi connectivity index (χ0n) is 14.5. The number of nitrogens with zero attached hydrogens (tertiary/aromatic N) is 3. The van der Waals surface area contributed by atoms with E-state index in [2.05, 4.69) is 15.6 Å². The first-order valence-electron chi connectivity index (χ1n) is 8.49. The normalized spacial score (nSPS) is 10.4. The zero-order valence-corrected chi connectivity index (χ0v) is 14.5. The highest BCUT2D eigenvalue weighted by Gasteiger charge is 2.08. The van der Waals surface area contributed by atoms with Crippen LogP contribution in [0.15, 0.2) is 67.3 Å². The van der Waals surface area contributed by atoms with Gasteiger partial charge in [0.05, 0.1) is 22.6 Å². The first-order valence-corrected chi connectivity index (χ1v) is 8.49. The lowest BCUT2D eigenvalue weighted by molar-refractivity contribution is -0.384. The van der Waals surface area contributed by atoms with Crippen molar-refractivity contribution in [3.63, 3.8) is 0 Å². The van der Waals surface area contributed by atoms with Gasteiger partial charge in [-0.25, -0.2) is 4.98 Å². The van der Waals surface area contributed by atoms with Crippen LogP contribution in [0.5, 0.6) is 0 Å². The number of nitro groups is 1. The number of benzene rings is 2. The van der Waals surface area contributed by atoms with Gasteiger partial charge in [0.1, 0.15) is 0 Å². The number of carbonyl (C=O) groups is 1. The summed E-state index contributed by atoms with van der Waals surface area (Å²) in [6.07, 6.45) is 6.18. The Morgan fingerprint density at radius 1 is 1.15 bits per heavy atom. The molecule has 27 heavy (non-hydrogen) atoms. The van der Waals surface area contributed by atoms with Crippen molar-refractivity contribution >= 4 is 23.0 Å². The van der Waals surface area contributed by atoms with Crippen LogP contribution in [0.4, 0.5) is 17.1 Å². The van der Waals surface area contributed by atoms with Crippen molar-refractivity contribution in [1.29, 1.82) is 0 Å². The SMILES string of the molecule is O=C(CCCNc1ccc([N+](=O)[O-])cc1)Nc1ccccc1-n1ccnc1. The van der Waals surface area contributed by atoms with E-state index in [9.17, 15) is 14.9 Å². The van der Waals surface area contributed by atoms with Gasteiger partial charge in [-0.05, 0) is 30.7 Å². The first-order chi connectivity index (χ1) is 13.1. The topological polar surface area (TPSA) is 102 Å². The molecule has 3 aromatic rings. The molecule has 0 unspecified atom stereocenters. The number of amides is 1. The molecule has 0 saturated carbocycles. The van der Waals surface area contributed by atoms with Crippen molar-refractivity contribution < 1.29 is 9.72 Å². The number of anilines is 2. The standard InChI is InChI=1S/C19H19N5O3/c25-19(6-3-11-21-15-7-9-16(10-8-15)24(26)27)22-17-4-1-2-5-18(17)23-13-12-20-14-23/h1-2,4-5,7-10,12-14,21H,3,6,11H2,(H,22,25). The van der Waals surface area contributed by atoms with Crippen LogP contribution in [-0.2, 0) is 4.79 Å². The van der Waals surface area contributed by atoms with Gasteiger partial charge < -0.3 is 15.2 Å². The molecule has 0 aliphatic carbocycles. The van der Waals surface area contributed by atoms with Crippen LogP contribution >= 0.6 is 0 Å². The van der Waals surface area contributed by atoms with Crippen molar-refractivity contribution in [2.24, 2.45) is 0 Å². The van der Waals surface area contributed by atoms with Gasteiger partial charge in [-0.15, -0.1) is 0 Å². The Hall–Kier alpha value is -3.68. The van der Waals surface area contributed by atoms with Crippen molar-refractivity contribution in [3.8, 4) is 5.69 Å². The molecular formula is C19H19N5O3. The number of hydrogen-bond acceptors (Lipinski definition) is 5. The molecule has 0 spiro atoms. The Bertz CT molecular complexity index is 907. The second kappa shape index (κ2) is 8.61. The van der Waals surface area contributed by atoms with E-state index < -0.39 is 4.92 Å². The predicted molar refractivity (Wildman–Crippen MR) is 103 cm³/mol. The molecule has 0 aliphatic heterocycles. The van der Waals surface area contributed by atoms with Crippen LogP contribution in [0, 0.1) is 10.1 Å². The molecule has 0 bridgehead atoms. The summed E-state index contributed by atoms with van der Waals surface area (Å²) in [6.45, 7) is 0.592. The zero-order chi connectivity index (χ0) is 19.1. The molecule has 0 aliphatic rings. The second-order valence-electron chi connectivity index (χ2n) is 5.87. The predicted octanol–water partition coefficient (Wildman–Crippen LogP) is 3.61. The van der Waals surface area contributed by atoms with Gasteiger partial charge in [0.15, 0.2) is 0 Å². The lowest BCUT2D eigenvalue weighted by atomic mass is 10.2. The molecule has 2 aromatic carbocycles. The minimum atomic E-state index is -0.435. The number of rotatable bonds is 8. The average Bonchev–Trinajstić information content (AvgIpc) is 3.20. The molecule has 138 valence electrons. The van der Waals surface area contributed by atoms with Gasteiger partial charge >= 0.3 is 0 Å². The van der Waals surface area contributed by atoms with Crippen molar-refractivity contribution in [1.82, 2.24) is 9.55 Å². The lowest BCUT2D eigenvalue weighted by Crippen LogP contribution is -2.14. The Morgan fingerprint density at radius 2 is 1.93 bits per heavy atom. The van der Waals surface area contributed by atoms with Gasteiger partial charge in [-0.1, -0.05) is 12.1 Å². The monoisotopic (exact) mass is 365 g/mol. The van der Waals surface area contributed by atoms with Crippen LogP contribution in [0.3, 0.4) is 0 Å². The van der Waals surface area contributed by atoms with Crippen LogP contribution in [-0.4, -0.2) is 26.9 Å². The largest absolute Gasteiger partial charge is 0.385 e. The van der Waals surface area contributed by atoms with Crippen molar-refractivity contribution in [3.05, 3.63) is 77.4 Å². The van der Waals surface area contributed by atoms with Gasteiger partial charge in [-0.3, -0.25) is 14.9 Å². The Labute approximate surface area is 156 Å². The number of nitrogens with one attached hydrogen (secondary N) is 2. The molecule has 8 heteroatoms. The van der Waals surface area contributed by atoms with E-state index in [-0.39, 0.29) is 11.6 Å². The number of para-hydroxylation sites is 2. The summed E-state index contributed by atoms with van der Waals surface area (Å²) >= 11 is 0. The highest BCUT2D eigenvalue weighted by atomic mass is 16.6. The summed E-state index contributed by atoms with van der Waals surface area (Å²) in [7, 11) is 0. The maximum Gasteiger partial charge on any atom is 0.269 e. The fraction of sp³-hybridized carbons (Fsp3) is 0.158. The maximum absolute atomic E-state index is 12.2. The quantitative estimate of drug-likeness (QED) is 0.361. The fourth-order valence-corrected chi connectivity index (χ4v) is 2.60. The van der Waals surface area contributed by atoms with E-state index in [1.54, 1.807) is 24.7 Å². The summed E-state index contributed by atoms with van der Waals surface area (Å²) in [5.41, 5.74) is 2.42. The third kappa shape index (κ3) is 4.91. The maximum atomic E-state index is 12.2. The third-order valence-corrected chi connectivity index (χ3v) is 3.95. The van der Waals surface area contributed by atoms with Crippen molar-refractivity contribution in [2.75, 3.05) is 17.2 Å². The number of aromatic nitrogens is 2. The molecule has 1 heterocycles. The highest BCUT2D eigenvalue weighted by molar-refractivity contribution is 5.92. The molecule has 0 atom stereocenters. The Morgan fingerprint density at radius 3 is 2.63 bits per heavy atom. The number of non-ortho nitro benzene ring substituents is 1. The molecule has 2 N–H and O–H groups in total. The summed E-state index contributed by atoms with van der Waals surface area (Å²) in [5, 5.41) is 16.7. The molecule has 0 radical (unpaired) electrons. The molecule has 8 nitrogen and oxygen atoms in total. The van der Waals surface area contributed by atoms with E-state index in [0.29, 0.717) is 19.4 Å². The van der Waals surface area contributed by atoms with Gasteiger partial charge in [0.2, 0.25) is 5.91 Å². The van der Waals surface area contributed by atoms with Gasteiger partial charge in [0, 0.05) is 43.2 Å². The summed E-state index contributed by atoms with van der Waals surface area (Å²) in [6, 6.07) is 13.7. The van der Waals surface area contributed by atoms with Crippen molar-refractivity contribution in [2.45, 2.75) is 12.8 Å². The average molecular weight is 365 g/mol. The summed E-state index contributed by atoms with van der Waals surface area (Å²) in [4.78, 5) is 26.5. The van der Waals surface area contributed by atoms with E-state index in [1.165, 1.54) is 12.1 Å². The second-order valence-corrected chi connectivity index (χ2v) is 5.87. The lowest BCUT2D eigenvalue weighted by Gasteiger charge is -2.12. The fourth-order valence-electron chi connectivity index (χ4n) is 2.60. The molecule has 1 aromatic heterocycles. The third-order valence-electron chi connectivity index (χ3n) is 3.95. The molecule has 0 fully saturated rings. The summed E-state index contributed by atoms with van der Waals surface area (Å²) in [5.74, 6) is -0.0759. The molecular weight excluding hydrogens is 346 g/mol. The Balaban J connectivity index is 1.47. The number of imidazole rings is 1. The van der Waals surface area contributed by atoms with Crippen LogP contribution in [0.1, 0.15) is 12.8 Å². The molecule has 3 rings (SSSR count). The van der Waals surface area contributed by atoms with E-state index in [0.717, 1.165) is 17.1 Å². The van der Waals surface area contributed by atoms with Crippen LogP contribution in [0.25, 0.3) is 5.69 Å².